The fourth-order valence-electron chi connectivity index (χ4n) is 2.18. The van der Waals surface area contributed by atoms with Gasteiger partial charge in [0.25, 0.3) is 0 Å². The van der Waals surface area contributed by atoms with Crippen molar-refractivity contribution in [3.8, 4) is 6.07 Å². The minimum atomic E-state index is -1.08. The summed E-state index contributed by atoms with van der Waals surface area (Å²) in [7, 11) is -1.08. The monoisotopic (exact) mass is 277 g/mol. The number of aliphatic carboxylic acids is 1. The van der Waals surface area contributed by atoms with Gasteiger partial charge in [-0.1, -0.05) is 12.1 Å². The van der Waals surface area contributed by atoms with Crippen molar-refractivity contribution in [1.29, 1.82) is 5.26 Å². The lowest BCUT2D eigenvalue weighted by Crippen LogP contribution is -2.17. The van der Waals surface area contributed by atoms with Crippen LogP contribution in [0, 0.1) is 16.7 Å². The molecule has 1 aromatic carbocycles. The number of carboxylic acids is 1. The summed E-state index contributed by atoms with van der Waals surface area (Å²) in [6, 6.07) is 9.10. The van der Waals surface area contributed by atoms with Crippen molar-refractivity contribution in [1.82, 2.24) is 0 Å². The molecule has 0 aliphatic heterocycles. The molecule has 5 heteroatoms. The molecule has 19 heavy (non-hydrogen) atoms. The highest BCUT2D eigenvalue weighted by molar-refractivity contribution is 7.84. The Morgan fingerprint density at radius 2 is 2.21 bits per heavy atom. The van der Waals surface area contributed by atoms with Crippen LogP contribution in [0.2, 0.25) is 0 Å². The van der Waals surface area contributed by atoms with Gasteiger partial charge >= 0.3 is 5.97 Å². The minimum absolute atomic E-state index is 0.108. The smallest absolute Gasteiger partial charge is 0.303 e. The van der Waals surface area contributed by atoms with Crippen LogP contribution >= 0.6 is 0 Å². The minimum Gasteiger partial charge on any atom is -0.481 e. The topological polar surface area (TPSA) is 78.2 Å². The molecule has 1 unspecified atom stereocenters. The van der Waals surface area contributed by atoms with Gasteiger partial charge in [0.15, 0.2) is 0 Å². The van der Waals surface area contributed by atoms with Crippen molar-refractivity contribution < 1.29 is 14.1 Å². The van der Waals surface area contributed by atoms with E-state index in [1.807, 2.05) is 6.07 Å². The molecule has 0 saturated heterocycles. The first-order chi connectivity index (χ1) is 9.03. The maximum Gasteiger partial charge on any atom is 0.303 e. The van der Waals surface area contributed by atoms with Gasteiger partial charge in [0.1, 0.15) is 0 Å². The number of hydrogen-bond donors (Lipinski definition) is 1. The Labute approximate surface area is 114 Å². The first-order valence-corrected chi connectivity index (χ1v) is 7.58. The largest absolute Gasteiger partial charge is 0.481 e. The van der Waals surface area contributed by atoms with Gasteiger partial charge in [0.2, 0.25) is 0 Å². The molecule has 1 atom stereocenters. The fraction of sp³-hybridized carbons (Fsp3) is 0.429. The summed E-state index contributed by atoms with van der Waals surface area (Å²) < 4.78 is 12.1. The molecule has 0 bridgehead atoms. The Hall–Kier alpha value is -1.67. The summed E-state index contributed by atoms with van der Waals surface area (Å²) in [6.45, 7) is 0. The van der Waals surface area contributed by atoms with Gasteiger partial charge < -0.3 is 5.11 Å². The third kappa shape index (κ3) is 3.90. The normalized spacial score (nSPS) is 17.4. The summed E-state index contributed by atoms with van der Waals surface area (Å²) in [4.78, 5) is 10.7. The molecule has 2 rings (SSSR count). The van der Waals surface area contributed by atoms with E-state index in [4.69, 9.17) is 10.4 Å². The number of carbonyl (C=O) groups is 1. The van der Waals surface area contributed by atoms with E-state index in [1.54, 1.807) is 18.2 Å². The Bertz CT molecular complexity index is 558. The molecule has 1 aliphatic carbocycles. The average molecular weight is 277 g/mol. The zero-order valence-corrected chi connectivity index (χ0v) is 11.3. The van der Waals surface area contributed by atoms with Crippen molar-refractivity contribution in [2.75, 3.05) is 5.75 Å². The summed E-state index contributed by atoms with van der Waals surface area (Å²) >= 11 is 0. The van der Waals surface area contributed by atoms with E-state index in [0.717, 1.165) is 18.4 Å². The second kappa shape index (κ2) is 5.54. The Morgan fingerprint density at radius 1 is 1.47 bits per heavy atom. The van der Waals surface area contributed by atoms with Crippen molar-refractivity contribution in [3.63, 3.8) is 0 Å². The quantitative estimate of drug-likeness (QED) is 0.863. The van der Waals surface area contributed by atoms with E-state index in [-0.39, 0.29) is 11.8 Å². The van der Waals surface area contributed by atoms with Crippen LogP contribution in [-0.2, 0) is 21.3 Å². The van der Waals surface area contributed by atoms with Crippen molar-refractivity contribution in [2.45, 2.75) is 25.0 Å². The first kappa shape index (κ1) is 13.8. The molecule has 1 aromatic rings. The summed E-state index contributed by atoms with van der Waals surface area (Å²) in [6.07, 6.45) is 1.81. The number of hydrogen-bond acceptors (Lipinski definition) is 3. The number of nitriles is 1. The summed E-state index contributed by atoms with van der Waals surface area (Å²) in [5, 5.41) is 17.6. The van der Waals surface area contributed by atoms with Crippen LogP contribution in [0.4, 0.5) is 0 Å². The third-order valence-corrected chi connectivity index (χ3v) is 4.92. The van der Waals surface area contributed by atoms with Gasteiger partial charge in [0, 0.05) is 22.3 Å². The highest BCUT2D eigenvalue weighted by Gasteiger charge is 2.45. The van der Waals surface area contributed by atoms with Crippen molar-refractivity contribution in [2.24, 2.45) is 5.41 Å². The lowest BCUT2D eigenvalue weighted by atomic mass is 10.1. The van der Waals surface area contributed by atoms with E-state index in [0.29, 0.717) is 17.1 Å². The average Bonchev–Trinajstić information content (AvgIpc) is 3.07. The van der Waals surface area contributed by atoms with Crippen molar-refractivity contribution >= 4 is 16.8 Å². The SMILES string of the molecule is N#Cc1cccc(CS(=O)CC2(CC(=O)O)CC2)c1. The Morgan fingerprint density at radius 3 is 2.79 bits per heavy atom. The third-order valence-electron chi connectivity index (χ3n) is 3.33. The van der Waals surface area contributed by atoms with Gasteiger partial charge in [0.05, 0.1) is 18.1 Å². The van der Waals surface area contributed by atoms with E-state index in [9.17, 15) is 9.00 Å². The summed E-state index contributed by atoms with van der Waals surface area (Å²) in [5.74, 6) is 0.00782. The second-order valence-corrected chi connectivity index (χ2v) is 6.57. The molecule has 1 aliphatic rings. The van der Waals surface area contributed by atoms with Gasteiger partial charge in [-0.3, -0.25) is 9.00 Å². The molecule has 0 heterocycles. The highest BCUT2D eigenvalue weighted by atomic mass is 32.2. The zero-order chi connectivity index (χ0) is 13.9. The zero-order valence-electron chi connectivity index (χ0n) is 10.5. The molecule has 4 nitrogen and oxygen atoms in total. The van der Waals surface area contributed by atoms with Crippen molar-refractivity contribution in [3.05, 3.63) is 35.4 Å². The fourth-order valence-corrected chi connectivity index (χ4v) is 3.91. The number of carboxylic acid groups (broad SMARTS) is 1. The van der Waals surface area contributed by atoms with E-state index < -0.39 is 16.8 Å². The lowest BCUT2D eigenvalue weighted by molar-refractivity contribution is -0.138. The van der Waals surface area contributed by atoms with Gasteiger partial charge in [-0.15, -0.1) is 0 Å². The maximum absolute atomic E-state index is 12.1. The van der Waals surface area contributed by atoms with Gasteiger partial charge in [-0.2, -0.15) is 5.26 Å². The van der Waals surface area contributed by atoms with E-state index >= 15 is 0 Å². The Kier molecular flexibility index (Phi) is 4.01. The lowest BCUT2D eigenvalue weighted by Gasteiger charge is -2.11. The standard InChI is InChI=1S/C14H15NO3S/c15-8-11-2-1-3-12(6-11)9-19(18)10-14(4-5-14)7-13(16)17/h1-3,6H,4-5,7,9-10H2,(H,16,17). The molecule has 0 aromatic heterocycles. The van der Waals surface area contributed by atoms with E-state index in [1.165, 1.54) is 0 Å². The van der Waals surface area contributed by atoms with Crippen LogP contribution in [0.3, 0.4) is 0 Å². The number of nitrogens with zero attached hydrogens (tertiary/aromatic N) is 1. The van der Waals surface area contributed by atoms with Crippen LogP contribution in [-0.4, -0.2) is 21.0 Å². The molecule has 100 valence electrons. The highest BCUT2D eigenvalue weighted by Crippen LogP contribution is 2.49. The van der Waals surface area contributed by atoms with Crippen LogP contribution < -0.4 is 0 Å². The number of benzene rings is 1. The molecule has 0 amide bonds. The second-order valence-electron chi connectivity index (χ2n) is 5.11. The molecular formula is C14H15NO3S. The Balaban J connectivity index is 1.95. The van der Waals surface area contributed by atoms with Crippen LogP contribution in [0.25, 0.3) is 0 Å². The van der Waals surface area contributed by atoms with Gasteiger partial charge in [-0.05, 0) is 36.0 Å². The van der Waals surface area contributed by atoms with Crippen LogP contribution in [0.5, 0.6) is 0 Å². The van der Waals surface area contributed by atoms with E-state index in [2.05, 4.69) is 6.07 Å². The summed E-state index contributed by atoms with van der Waals surface area (Å²) in [5.41, 5.74) is 1.17. The molecule has 1 saturated carbocycles. The molecular weight excluding hydrogens is 262 g/mol. The molecule has 1 fully saturated rings. The number of rotatable bonds is 6. The molecule has 0 spiro atoms. The predicted molar refractivity (Wildman–Crippen MR) is 71.8 cm³/mol. The van der Waals surface area contributed by atoms with Gasteiger partial charge in [-0.25, -0.2) is 0 Å². The van der Waals surface area contributed by atoms with Crippen LogP contribution in [0.1, 0.15) is 30.4 Å². The first-order valence-electron chi connectivity index (χ1n) is 6.09. The molecule has 1 N–H and O–H groups in total. The van der Waals surface area contributed by atoms with Crippen LogP contribution in [0.15, 0.2) is 24.3 Å². The molecule has 0 radical (unpaired) electrons. The maximum atomic E-state index is 12.1. The predicted octanol–water partition coefficient (Wildman–Crippen LogP) is 2.06.